The second kappa shape index (κ2) is 4.50. The standard InChI is InChI=1S/C9H6BrN5O2/c1-5-11-13-9(14-12-5)6-2-3-7(10)8(4-6)15(16)17/h2-4H,1H3. The summed E-state index contributed by atoms with van der Waals surface area (Å²) < 4.78 is 0.402. The molecule has 1 aromatic carbocycles. The van der Waals surface area contributed by atoms with Crippen molar-refractivity contribution < 1.29 is 4.92 Å². The predicted molar refractivity (Wildman–Crippen MR) is 62.1 cm³/mol. The van der Waals surface area contributed by atoms with Gasteiger partial charge in [-0.05, 0) is 35.0 Å². The Morgan fingerprint density at radius 1 is 1.24 bits per heavy atom. The molecule has 0 saturated carbocycles. The van der Waals surface area contributed by atoms with E-state index in [-0.39, 0.29) is 11.5 Å². The van der Waals surface area contributed by atoms with Gasteiger partial charge in [-0.3, -0.25) is 10.1 Å². The van der Waals surface area contributed by atoms with E-state index < -0.39 is 4.92 Å². The summed E-state index contributed by atoms with van der Waals surface area (Å²) in [6.45, 7) is 1.66. The van der Waals surface area contributed by atoms with Gasteiger partial charge in [0.25, 0.3) is 5.69 Å². The third-order valence-electron chi connectivity index (χ3n) is 1.98. The molecular formula is C9H6BrN5O2. The Balaban J connectivity index is 2.50. The normalized spacial score (nSPS) is 10.2. The van der Waals surface area contributed by atoms with E-state index in [0.29, 0.717) is 15.9 Å². The number of benzene rings is 1. The van der Waals surface area contributed by atoms with Crippen molar-refractivity contribution in [1.82, 2.24) is 20.4 Å². The van der Waals surface area contributed by atoms with E-state index in [9.17, 15) is 10.1 Å². The number of halogens is 1. The molecule has 0 saturated heterocycles. The molecule has 0 aliphatic rings. The maximum atomic E-state index is 10.8. The fraction of sp³-hybridized carbons (Fsp3) is 0.111. The number of nitrogens with zero attached hydrogens (tertiary/aromatic N) is 5. The second-order valence-corrected chi connectivity index (χ2v) is 4.05. The van der Waals surface area contributed by atoms with Gasteiger partial charge < -0.3 is 0 Å². The van der Waals surface area contributed by atoms with Crippen molar-refractivity contribution in [3.05, 3.63) is 38.6 Å². The van der Waals surface area contributed by atoms with Crippen LogP contribution in [0.2, 0.25) is 0 Å². The molecule has 7 nitrogen and oxygen atoms in total. The van der Waals surface area contributed by atoms with Crippen LogP contribution in [0.1, 0.15) is 5.82 Å². The van der Waals surface area contributed by atoms with Crippen LogP contribution in [-0.2, 0) is 0 Å². The molecule has 0 aliphatic heterocycles. The van der Waals surface area contributed by atoms with Gasteiger partial charge in [0.15, 0.2) is 5.82 Å². The van der Waals surface area contributed by atoms with Crippen molar-refractivity contribution in [2.24, 2.45) is 0 Å². The van der Waals surface area contributed by atoms with Crippen molar-refractivity contribution in [2.75, 3.05) is 0 Å². The fourth-order valence-electron chi connectivity index (χ4n) is 1.19. The zero-order chi connectivity index (χ0) is 12.4. The van der Waals surface area contributed by atoms with E-state index in [2.05, 4.69) is 36.3 Å². The van der Waals surface area contributed by atoms with Gasteiger partial charge in [0.2, 0.25) is 5.82 Å². The molecule has 0 fully saturated rings. The Bertz CT molecular complexity index is 572. The molecule has 17 heavy (non-hydrogen) atoms. The summed E-state index contributed by atoms with van der Waals surface area (Å²) in [6, 6.07) is 4.60. The topological polar surface area (TPSA) is 94.7 Å². The molecule has 0 unspecified atom stereocenters. The van der Waals surface area contributed by atoms with Gasteiger partial charge in [-0.2, -0.15) is 0 Å². The van der Waals surface area contributed by atoms with Crippen LogP contribution in [0.3, 0.4) is 0 Å². The third kappa shape index (κ3) is 2.41. The molecule has 0 amide bonds. The van der Waals surface area contributed by atoms with Gasteiger partial charge in [-0.15, -0.1) is 20.4 Å². The molecule has 1 heterocycles. The molecule has 8 heteroatoms. The summed E-state index contributed by atoms with van der Waals surface area (Å²) in [6.07, 6.45) is 0. The molecule has 86 valence electrons. The minimum atomic E-state index is -0.484. The first-order valence-corrected chi connectivity index (χ1v) is 5.35. The number of hydrogen-bond acceptors (Lipinski definition) is 6. The Morgan fingerprint density at radius 2 is 1.88 bits per heavy atom. The monoisotopic (exact) mass is 295 g/mol. The first kappa shape index (κ1) is 11.5. The van der Waals surface area contributed by atoms with Crippen molar-refractivity contribution in [1.29, 1.82) is 0 Å². The van der Waals surface area contributed by atoms with Crippen molar-refractivity contribution >= 4 is 21.6 Å². The van der Waals surface area contributed by atoms with E-state index in [1.54, 1.807) is 19.1 Å². The van der Waals surface area contributed by atoms with Gasteiger partial charge in [0.1, 0.15) is 0 Å². The van der Waals surface area contributed by atoms with Crippen LogP contribution in [-0.4, -0.2) is 25.3 Å². The summed E-state index contributed by atoms with van der Waals surface area (Å²) in [7, 11) is 0. The first-order chi connectivity index (χ1) is 8.08. The minimum absolute atomic E-state index is 0.0494. The van der Waals surface area contributed by atoms with Gasteiger partial charge in [0, 0.05) is 11.6 Å². The number of nitro groups is 1. The SMILES string of the molecule is Cc1nnc(-c2ccc(Br)c([N+](=O)[O-])c2)nn1. The Hall–Kier alpha value is -1.96. The number of aromatic nitrogens is 4. The van der Waals surface area contributed by atoms with Crippen LogP contribution in [0.5, 0.6) is 0 Å². The van der Waals surface area contributed by atoms with Crippen molar-refractivity contribution in [3.63, 3.8) is 0 Å². The third-order valence-corrected chi connectivity index (χ3v) is 2.65. The quantitative estimate of drug-likeness (QED) is 0.620. The number of nitro benzene ring substituents is 1. The molecule has 2 rings (SSSR count). The molecule has 2 aromatic rings. The zero-order valence-electron chi connectivity index (χ0n) is 8.66. The largest absolute Gasteiger partial charge is 0.284 e. The summed E-state index contributed by atoms with van der Waals surface area (Å²) in [5.74, 6) is 0.701. The lowest BCUT2D eigenvalue weighted by molar-refractivity contribution is -0.385. The summed E-state index contributed by atoms with van der Waals surface area (Å²) in [5.41, 5.74) is 0.451. The molecule has 0 spiro atoms. The summed E-state index contributed by atoms with van der Waals surface area (Å²) in [5, 5.41) is 25.9. The van der Waals surface area contributed by atoms with E-state index in [1.807, 2.05) is 0 Å². The highest BCUT2D eigenvalue weighted by molar-refractivity contribution is 9.10. The van der Waals surface area contributed by atoms with Crippen LogP contribution in [0.25, 0.3) is 11.4 Å². The fourth-order valence-corrected chi connectivity index (χ4v) is 1.58. The number of aryl methyl sites for hydroxylation is 1. The van der Waals surface area contributed by atoms with Crippen LogP contribution in [0.4, 0.5) is 5.69 Å². The average molecular weight is 296 g/mol. The minimum Gasteiger partial charge on any atom is -0.258 e. The molecular weight excluding hydrogens is 290 g/mol. The lowest BCUT2D eigenvalue weighted by Crippen LogP contribution is -1.99. The lowest BCUT2D eigenvalue weighted by atomic mass is 10.2. The van der Waals surface area contributed by atoms with Gasteiger partial charge in [-0.1, -0.05) is 0 Å². The highest BCUT2D eigenvalue weighted by Gasteiger charge is 2.14. The molecule has 0 radical (unpaired) electrons. The summed E-state index contributed by atoms with van der Waals surface area (Å²) >= 11 is 3.10. The number of hydrogen-bond donors (Lipinski definition) is 0. The Kier molecular flexibility index (Phi) is 3.05. The van der Waals surface area contributed by atoms with Crippen LogP contribution >= 0.6 is 15.9 Å². The van der Waals surface area contributed by atoms with E-state index in [0.717, 1.165) is 0 Å². The first-order valence-electron chi connectivity index (χ1n) is 4.56. The van der Waals surface area contributed by atoms with E-state index >= 15 is 0 Å². The zero-order valence-corrected chi connectivity index (χ0v) is 10.2. The predicted octanol–water partition coefficient (Wildman–Crippen LogP) is 1.91. The van der Waals surface area contributed by atoms with Crippen molar-refractivity contribution in [2.45, 2.75) is 6.92 Å². The van der Waals surface area contributed by atoms with Crippen molar-refractivity contribution in [3.8, 4) is 11.4 Å². The second-order valence-electron chi connectivity index (χ2n) is 3.19. The average Bonchev–Trinajstić information content (AvgIpc) is 2.30. The lowest BCUT2D eigenvalue weighted by Gasteiger charge is -2.00. The van der Waals surface area contributed by atoms with Gasteiger partial charge in [-0.25, -0.2) is 0 Å². The van der Waals surface area contributed by atoms with Gasteiger partial charge >= 0.3 is 0 Å². The Morgan fingerprint density at radius 3 is 2.47 bits per heavy atom. The molecule has 0 N–H and O–H groups in total. The molecule has 0 bridgehead atoms. The maximum Gasteiger partial charge on any atom is 0.284 e. The Labute approximate surface area is 104 Å². The highest BCUT2D eigenvalue weighted by Crippen LogP contribution is 2.28. The maximum absolute atomic E-state index is 10.8. The van der Waals surface area contributed by atoms with Crippen LogP contribution in [0.15, 0.2) is 22.7 Å². The molecule has 0 aliphatic carbocycles. The van der Waals surface area contributed by atoms with E-state index in [4.69, 9.17) is 0 Å². The van der Waals surface area contributed by atoms with E-state index in [1.165, 1.54) is 6.07 Å². The van der Waals surface area contributed by atoms with Gasteiger partial charge in [0.05, 0.1) is 9.40 Å². The van der Waals surface area contributed by atoms with Crippen LogP contribution < -0.4 is 0 Å². The smallest absolute Gasteiger partial charge is 0.258 e. The number of rotatable bonds is 2. The highest BCUT2D eigenvalue weighted by atomic mass is 79.9. The molecule has 0 atom stereocenters. The van der Waals surface area contributed by atoms with Crippen LogP contribution in [0, 0.1) is 17.0 Å². The summed E-state index contributed by atoms with van der Waals surface area (Å²) in [4.78, 5) is 10.3. The molecule has 1 aromatic heterocycles.